The van der Waals surface area contributed by atoms with Crippen molar-refractivity contribution in [2.45, 2.75) is 26.2 Å². The number of nitrogens with zero attached hydrogens (tertiary/aromatic N) is 1. The lowest BCUT2D eigenvalue weighted by Crippen LogP contribution is -2.06. The van der Waals surface area contributed by atoms with Crippen molar-refractivity contribution in [3.05, 3.63) is 39.8 Å². The number of aryl methyl sites for hydroxylation is 1. The van der Waals surface area contributed by atoms with Crippen molar-refractivity contribution >= 4 is 28.5 Å². The second kappa shape index (κ2) is 6.42. The van der Waals surface area contributed by atoms with Crippen LogP contribution in [0.3, 0.4) is 0 Å². The average Bonchev–Trinajstić information content (AvgIpc) is 3.09. The van der Waals surface area contributed by atoms with E-state index in [1.165, 1.54) is 28.5 Å². The molecule has 0 bridgehead atoms. The zero-order chi connectivity index (χ0) is 16.4. The quantitative estimate of drug-likeness (QED) is 0.510. The molecule has 1 aliphatic carbocycles. The van der Waals surface area contributed by atoms with Gasteiger partial charge in [-0.3, -0.25) is 0 Å². The van der Waals surface area contributed by atoms with Gasteiger partial charge in [-0.2, -0.15) is 0 Å². The maximum absolute atomic E-state index is 12.2. The second-order valence-corrected chi connectivity index (χ2v) is 6.31. The highest BCUT2D eigenvalue weighted by molar-refractivity contribution is 7.16. The number of hydrogen-bond acceptors (Lipinski definition) is 6. The highest BCUT2D eigenvalue weighted by Gasteiger charge is 2.27. The summed E-state index contributed by atoms with van der Waals surface area (Å²) in [5.74, 6) is -0.773. The third kappa shape index (κ3) is 2.94. The molecule has 0 spiro atoms. The van der Waals surface area contributed by atoms with Gasteiger partial charge in [0.2, 0.25) is 0 Å². The summed E-state index contributed by atoms with van der Waals surface area (Å²) in [5.41, 5.74) is 1.98. The number of hydrogen-bond donors (Lipinski definition) is 2. The van der Waals surface area contributed by atoms with Crippen molar-refractivity contribution in [3.63, 3.8) is 0 Å². The Balaban J connectivity index is 1.98. The number of fused-ring (bicyclic) bond motifs is 1. The van der Waals surface area contributed by atoms with Gasteiger partial charge in [-0.1, -0.05) is 6.07 Å². The van der Waals surface area contributed by atoms with E-state index in [1.807, 2.05) is 0 Å². The number of phenolic OH excluding ortho intramolecular Hbond substituents is 2. The van der Waals surface area contributed by atoms with Crippen LogP contribution in [0.1, 0.15) is 39.7 Å². The van der Waals surface area contributed by atoms with E-state index in [0.717, 1.165) is 24.8 Å². The summed E-state index contributed by atoms with van der Waals surface area (Å²) in [6.45, 7) is 2.10. The lowest BCUT2D eigenvalue weighted by atomic mass is 10.1. The molecule has 23 heavy (non-hydrogen) atoms. The molecule has 0 radical (unpaired) electrons. The van der Waals surface area contributed by atoms with Crippen molar-refractivity contribution in [3.8, 4) is 11.5 Å². The predicted octanol–water partition coefficient (Wildman–Crippen LogP) is 3.58. The summed E-state index contributed by atoms with van der Waals surface area (Å²) < 4.78 is 5.15. The third-order valence-corrected chi connectivity index (χ3v) is 4.95. The number of carbonyl (C=O) groups excluding carboxylic acids is 1. The Labute approximate surface area is 137 Å². The summed E-state index contributed by atoms with van der Waals surface area (Å²) in [4.78, 5) is 17.8. The number of rotatable bonds is 4. The molecule has 2 N–H and O–H groups in total. The molecule has 1 aliphatic rings. The van der Waals surface area contributed by atoms with Gasteiger partial charge in [-0.15, -0.1) is 11.3 Å². The summed E-state index contributed by atoms with van der Waals surface area (Å²) in [6, 6.07) is 4.66. The second-order valence-electron chi connectivity index (χ2n) is 5.23. The largest absolute Gasteiger partial charge is 0.504 e. The van der Waals surface area contributed by atoms with Gasteiger partial charge in [-0.05, 0) is 43.9 Å². The van der Waals surface area contributed by atoms with E-state index in [4.69, 9.17) is 4.74 Å². The van der Waals surface area contributed by atoms with Crippen LogP contribution in [-0.4, -0.2) is 29.0 Å². The van der Waals surface area contributed by atoms with Crippen LogP contribution in [0.25, 0.3) is 0 Å². The third-order valence-electron chi connectivity index (χ3n) is 3.75. The molecule has 5 nitrogen and oxygen atoms in total. The van der Waals surface area contributed by atoms with E-state index in [9.17, 15) is 15.0 Å². The summed E-state index contributed by atoms with van der Waals surface area (Å²) >= 11 is 1.49. The summed E-state index contributed by atoms with van der Waals surface area (Å²) in [5, 5.41) is 19.9. The van der Waals surface area contributed by atoms with Crippen molar-refractivity contribution < 1.29 is 19.7 Å². The molecule has 0 saturated heterocycles. The fourth-order valence-electron chi connectivity index (χ4n) is 2.68. The van der Waals surface area contributed by atoms with Gasteiger partial charge in [0, 0.05) is 16.7 Å². The van der Waals surface area contributed by atoms with E-state index in [1.54, 1.807) is 19.1 Å². The highest BCUT2D eigenvalue weighted by atomic mass is 32.1. The molecular weight excluding hydrogens is 314 g/mol. The monoisotopic (exact) mass is 331 g/mol. The molecular formula is C17H17NO4S. The minimum atomic E-state index is -0.348. The molecule has 2 aromatic rings. The van der Waals surface area contributed by atoms with Gasteiger partial charge in [0.1, 0.15) is 5.00 Å². The highest BCUT2D eigenvalue weighted by Crippen LogP contribution is 2.41. The average molecular weight is 331 g/mol. The first-order valence-corrected chi connectivity index (χ1v) is 8.30. The topological polar surface area (TPSA) is 79.1 Å². The van der Waals surface area contributed by atoms with Crippen LogP contribution in [0.15, 0.2) is 23.2 Å². The Morgan fingerprint density at radius 2 is 2.22 bits per heavy atom. The fraction of sp³-hybridized carbons (Fsp3) is 0.294. The Bertz CT molecular complexity index is 779. The van der Waals surface area contributed by atoms with Crippen molar-refractivity contribution in [1.29, 1.82) is 0 Å². The van der Waals surface area contributed by atoms with Crippen LogP contribution in [0.4, 0.5) is 5.00 Å². The molecule has 0 aliphatic heterocycles. The van der Waals surface area contributed by atoms with Crippen LogP contribution in [0.5, 0.6) is 11.5 Å². The predicted molar refractivity (Wildman–Crippen MR) is 89.3 cm³/mol. The molecule has 0 fully saturated rings. The van der Waals surface area contributed by atoms with Crippen LogP contribution in [0, 0.1) is 0 Å². The van der Waals surface area contributed by atoms with Crippen LogP contribution < -0.4 is 0 Å². The Morgan fingerprint density at radius 3 is 3.00 bits per heavy atom. The molecule has 6 heteroatoms. The molecule has 0 atom stereocenters. The first kappa shape index (κ1) is 15.6. The van der Waals surface area contributed by atoms with Crippen molar-refractivity contribution in [1.82, 2.24) is 0 Å². The van der Waals surface area contributed by atoms with Gasteiger partial charge in [0.05, 0.1) is 12.2 Å². The van der Waals surface area contributed by atoms with Crippen molar-refractivity contribution in [2.24, 2.45) is 4.99 Å². The maximum atomic E-state index is 12.2. The number of phenols is 2. The molecule has 120 valence electrons. The zero-order valence-electron chi connectivity index (χ0n) is 12.7. The molecule has 0 saturated carbocycles. The zero-order valence-corrected chi connectivity index (χ0v) is 13.5. The van der Waals surface area contributed by atoms with E-state index < -0.39 is 0 Å². The van der Waals surface area contributed by atoms with E-state index in [2.05, 4.69) is 4.99 Å². The van der Waals surface area contributed by atoms with Gasteiger partial charge in [0.15, 0.2) is 11.5 Å². The molecule has 1 aromatic carbocycles. The number of thiophene rings is 1. The molecule has 1 heterocycles. The van der Waals surface area contributed by atoms with Gasteiger partial charge in [0.25, 0.3) is 0 Å². The lowest BCUT2D eigenvalue weighted by Gasteiger charge is -2.04. The Kier molecular flexibility index (Phi) is 4.34. The molecule has 0 unspecified atom stereocenters. The van der Waals surface area contributed by atoms with E-state index >= 15 is 0 Å². The minimum Gasteiger partial charge on any atom is -0.504 e. The van der Waals surface area contributed by atoms with E-state index in [0.29, 0.717) is 22.7 Å². The van der Waals surface area contributed by atoms with Gasteiger partial charge >= 0.3 is 5.97 Å². The standard InChI is InChI=1S/C17H17NO4S/c1-2-22-17(21)14-11-6-4-8-13(11)23-16(14)18-9-10-5-3-7-12(19)15(10)20/h3,5,7,9,19-20H,2,4,6,8H2,1H3. The van der Waals surface area contributed by atoms with E-state index in [-0.39, 0.29) is 17.5 Å². The maximum Gasteiger partial charge on any atom is 0.341 e. The smallest absolute Gasteiger partial charge is 0.341 e. The number of carbonyl (C=O) groups is 1. The summed E-state index contributed by atoms with van der Waals surface area (Å²) in [7, 11) is 0. The molecule has 1 aromatic heterocycles. The first-order chi connectivity index (χ1) is 11.1. The van der Waals surface area contributed by atoms with Gasteiger partial charge in [-0.25, -0.2) is 9.79 Å². The lowest BCUT2D eigenvalue weighted by molar-refractivity contribution is 0.0527. The number of aromatic hydroxyl groups is 2. The number of esters is 1. The minimum absolute atomic E-state index is 0.201. The molecule has 3 rings (SSSR count). The number of para-hydroxylation sites is 1. The van der Waals surface area contributed by atoms with Crippen molar-refractivity contribution in [2.75, 3.05) is 6.61 Å². The molecule has 0 amide bonds. The number of ether oxygens (including phenoxy) is 1. The SMILES string of the molecule is CCOC(=O)c1c(N=Cc2cccc(O)c2O)sc2c1CCC2. The van der Waals surface area contributed by atoms with Crippen LogP contribution in [0.2, 0.25) is 0 Å². The summed E-state index contributed by atoms with van der Waals surface area (Å²) in [6.07, 6.45) is 4.33. The fourth-order valence-corrected chi connectivity index (χ4v) is 3.90. The Hall–Kier alpha value is -2.34. The number of benzene rings is 1. The van der Waals surface area contributed by atoms with Crippen LogP contribution >= 0.6 is 11.3 Å². The van der Waals surface area contributed by atoms with Gasteiger partial charge < -0.3 is 14.9 Å². The number of aliphatic imine (C=N–C) groups is 1. The Morgan fingerprint density at radius 1 is 1.39 bits per heavy atom. The first-order valence-electron chi connectivity index (χ1n) is 7.48. The van der Waals surface area contributed by atoms with Crippen LogP contribution in [-0.2, 0) is 17.6 Å². The normalized spacial score (nSPS) is 13.4.